The number of hydrogen-bond acceptors (Lipinski definition) is 4. The Bertz CT molecular complexity index is 489. The van der Waals surface area contributed by atoms with Gasteiger partial charge < -0.3 is 4.74 Å². The Kier molecular flexibility index (Phi) is 4.12. The molecule has 0 spiro atoms. The van der Waals surface area contributed by atoms with Gasteiger partial charge in [-0.25, -0.2) is 4.79 Å². The van der Waals surface area contributed by atoms with E-state index >= 15 is 0 Å². The van der Waals surface area contributed by atoms with Crippen LogP contribution < -0.4 is 0 Å². The lowest BCUT2D eigenvalue weighted by molar-refractivity contribution is -0.385. The second kappa shape index (κ2) is 5.21. The maximum atomic E-state index is 11.8. The van der Waals surface area contributed by atoms with E-state index in [0.717, 1.165) is 12.1 Å². The lowest BCUT2D eigenvalue weighted by Gasteiger charge is -2.07. The highest BCUT2D eigenvalue weighted by Gasteiger charge is 2.41. The van der Waals surface area contributed by atoms with Crippen molar-refractivity contribution in [2.45, 2.75) is 12.8 Å². The van der Waals surface area contributed by atoms with Crippen molar-refractivity contribution >= 4 is 23.3 Å². The van der Waals surface area contributed by atoms with Gasteiger partial charge in [0.25, 0.3) is 5.69 Å². The van der Waals surface area contributed by atoms with Crippen molar-refractivity contribution in [3.05, 3.63) is 38.9 Å². The Hall–Kier alpha value is -1.83. The van der Waals surface area contributed by atoms with Gasteiger partial charge >= 0.3 is 12.1 Å². The lowest BCUT2D eigenvalue weighted by Crippen LogP contribution is -2.25. The fourth-order valence-electron chi connectivity index (χ4n) is 1.05. The van der Waals surface area contributed by atoms with Gasteiger partial charge in [0.2, 0.25) is 0 Å². The highest BCUT2D eigenvalue weighted by molar-refractivity contribution is 6.30. The molecule has 0 bridgehead atoms. The summed E-state index contributed by atoms with van der Waals surface area (Å²) in [6.45, 7) is -0.855. The summed E-state index contributed by atoms with van der Waals surface area (Å²) in [4.78, 5) is 20.2. The zero-order valence-electron chi connectivity index (χ0n) is 8.53. The van der Waals surface area contributed by atoms with Crippen molar-refractivity contribution in [3.8, 4) is 0 Å². The van der Waals surface area contributed by atoms with Crippen molar-refractivity contribution < 1.29 is 27.6 Å². The minimum absolute atomic E-state index is 0.0487. The number of esters is 1. The molecule has 9 heteroatoms. The first-order valence-electron chi connectivity index (χ1n) is 4.38. The van der Waals surface area contributed by atoms with Crippen molar-refractivity contribution in [2.24, 2.45) is 0 Å². The Morgan fingerprint density at radius 3 is 2.56 bits per heavy atom. The van der Waals surface area contributed by atoms with Gasteiger partial charge in [0.1, 0.15) is 6.61 Å². The maximum absolute atomic E-state index is 11.8. The van der Waals surface area contributed by atoms with Crippen molar-refractivity contribution in [1.29, 1.82) is 0 Å². The van der Waals surface area contributed by atoms with Crippen molar-refractivity contribution in [1.82, 2.24) is 0 Å². The van der Waals surface area contributed by atoms with Crippen LogP contribution in [0.4, 0.5) is 18.9 Å². The Labute approximate surface area is 103 Å². The predicted octanol–water partition coefficient (Wildman–Crippen LogP) is 2.85. The van der Waals surface area contributed by atoms with Crippen LogP contribution >= 0.6 is 11.6 Å². The van der Waals surface area contributed by atoms with E-state index in [1.54, 1.807) is 0 Å². The third kappa shape index (κ3) is 3.59. The quantitative estimate of drug-likeness (QED) is 0.486. The van der Waals surface area contributed by atoms with E-state index in [2.05, 4.69) is 4.74 Å². The Balaban J connectivity index is 2.86. The molecule has 0 saturated heterocycles. The summed E-state index contributed by atoms with van der Waals surface area (Å²) in [5.41, 5.74) is -0.695. The third-order valence-electron chi connectivity index (χ3n) is 1.83. The van der Waals surface area contributed by atoms with Crippen LogP contribution in [0, 0.1) is 10.1 Å². The van der Waals surface area contributed by atoms with E-state index < -0.39 is 29.4 Å². The average Bonchev–Trinajstić information content (AvgIpc) is 2.25. The first-order chi connectivity index (χ1) is 8.21. The van der Waals surface area contributed by atoms with Gasteiger partial charge in [-0.1, -0.05) is 11.6 Å². The zero-order valence-corrected chi connectivity index (χ0v) is 9.29. The van der Waals surface area contributed by atoms with Gasteiger partial charge in [-0.15, -0.1) is 0 Å². The van der Waals surface area contributed by atoms with E-state index in [0.29, 0.717) is 0 Å². The number of benzene rings is 1. The lowest BCUT2D eigenvalue weighted by atomic mass is 10.2. The molecule has 0 amide bonds. The SMILES string of the molecule is O=C(OCc1ccc(Cl)cc1[N+](=O)[O-])C(F)(F)F. The minimum atomic E-state index is -5.14. The molecule has 0 aliphatic rings. The van der Waals surface area contributed by atoms with E-state index in [9.17, 15) is 28.1 Å². The van der Waals surface area contributed by atoms with Crippen LogP contribution in [0.2, 0.25) is 5.02 Å². The highest BCUT2D eigenvalue weighted by Crippen LogP contribution is 2.25. The summed E-state index contributed by atoms with van der Waals surface area (Å²) in [5, 5.41) is 10.6. The molecular weight excluding hydrogens is 279 g/mol. The van der Waals surface area contributed by atoms with Crippen LogP contribution in [0.3, 0.4) is 0 Å². The monoisotopic (exact) mass is 283 g/mol. The fourth-order valence-corrected chi connectivity index (χ4v) is 1.22. The van der Waals surface area contributed by atoms with Crippen molar-refractivity contribution in [3.63, 3.8) is 0 Å². The molecular formula is C9H5ClF3NO4. The summed E-state index contributed by atoms with van der Waals surface area (Å²) < 4.78 is 39.4. The molecule has 0 N–H and O–H groups in total. The summed E-state index contributed by atoms with van der Waals surface area (Å²) in [7, 11) is 0. The Morgan fingerprint density at radius 1 is 1.44 bits per heavy atom. The van der Waals surface area contributed by atoms with Gasteiger partial charge in [0, 0.05) is 11.1 Å². The van der Waals surface area contributed by atoms with Crippen LogP contribution in [0.1, 0.15) is 5.56 Å². The van der Waals surface area contributed by atoms with E-state index in [1.807, 2.05) is 0 Å². The normalized spacial score (nSPS) is 11.1. The topological polar surface area (TPSA) is 69.4 Å². The molecule has 0 aliphatic heterocycles. The van der Waals surface area contributed by atoms with E-state index in [-0.39, 0.29) is 10.6 Å². The van der Waals surface area contributed by atoms with Gasteiger partial charge in [-0.3, -0.25) is 10.1 Å². The van der Waals surface area contributed by atoms with Gasteiger partial charge in [-0.05, 0) is 12.1 Å². The highest BCUT2D eigenvalue weighted by atomic mass is 35.5. The number of rotatable bonds is 3. The van der Waals surface area contributed by atoms with Crippen LogP contribution in [0.15, 0.2) is 18.2 Å². The number of halogens is 4. The van der Waals surface area contributed by atoms with E-state index in [4.69, 9.17) is 11.6 Å². The molecule has 0 radical (unpaired) electrons. The molecule has 0 atom stereocenters. The number of nitro benzene ring substituents is 1. The molecule has 18 heavy (non-hydrogen) atoms. The number of nitro groups is 1. The van der Waals surface area contributed by atoms with Crippen LogP contribution in [0.5, 0.6) is 0 Å². The fraction of sp³-hybridized carbons (Fsp3) is 0.222. The molecule has 1 aromatic rings. The second-order valence-corrected chi connectivity index (χ2v) is 3.54. The first kappa shape index (κ1) is 14.2. The smallest absolute Gasteiger partial charge is 0.454 e. The average molecular weight is 284 g/mol. The van der Waals surface area contributed by atoms with Crippen molar-refractivity contribution in [2.75, 3.05) is 0 Å². The summed E-state index contributed by atoms with van der Waals surface area (Å²) in [6.07, 6.45) is -5.14. The third-order valence-corrected chi connectivity index (χ3v) is 2.07. The zero-order chi connectivity index (χ0) is 13.9. The van der Waals surface area contributed by atoms with Crippen LogP contribution in [-0.4, -0.2) is 17.1 Å². The molecule has 0 fully saturated rings. The Morgan fingerprint density at radius 2 is 2.06 bits per heavy atom. The molecule has 0 aromatic heterocycles. The molecule has 5 nitrogen and oxygen atoms in total. The number of ether oxygens (including phenoxy) is 1. The molecule has 98 valence electrons. The molecule has 0 unspecified atom stereocenters. The number of nitrogens with zero attached hydrogens (tertiary/aromatic N) is 1. The maximum Gasteiger partial charge on any atom is 0.490 e. The van der Waals surface area contributed by atoms with Gasteiger partial charge in [0.15, 0.2) is 0 Å². The molecule has 0 heterocycles. The van der Waals surface area contributed by atoms with Crippen LogP contribution in [-0.2, 0) is 16.1 Å². The minimum Gasteiger partial charge on any atom is -0.454 e. The standard InChI is InChI=1S/C9H5ClF3NO4/c10-6-2-1-5(7(3-6)14(16)17)4-18-8(15)9(11,12)13/h1-3H,4H2. The number of carbonyl (C=O) groups is 1. The number of carbonyl (C=O) groups excluding carboxylic acids is 1. The van der Waals surface area contributed by atoms with Gasteiger partial charge in [0.05, 0.1) is 10.5 Å². The van der Waals surface area contributed by atoms with Gasteiger partial charge in [-0.2, -0.15) is 13.2 Å². The molecule has 0 aliphatic carbocycles. The predicted molar refractivity (Wildman–Crippen MR) is 54.0 cm³/mol. The van der Waals surface area contributed by atoms with E-state index in [1.165, 1.54) is 6.07 Å². The summed E-state index contributed by atoms with van der Waals surface area (Å²) >= 11 is 5.50. The second-order valence-electron chi connectivity index (χ2n) is 3.10. The molecule has 1 aromatic carbocycles. The summed E-state index contributed by atoms with van der Waals surface area (Å²) in [5.74, 6) is -2.41. The number of hydrogen-bond donors (Lipinski definition) is 0. The largest absolute Gasteiger partial charge is 0.490 e. The number of alkyl halides is 3. The van der Waals surface area contributed by atoms with Crippen LogP contribution in [0.25, 0.3) is 0 Å². The molecule has 1 rings (SSSR count). The summed E-state index contributed by atoms with van der Waals surface area (Å²) in [6, 6.07) is 3.31. The molecule has 0 saturated carbocycles. The first-order valence-corrected chi connectivity index (χ1v) is 4.76.